The lowest BCUT2D eigenvalue weighted by atomic mass is 10.3. The fourth-order valence-corrected chi connectivity index (χ4v) is 4.08. The van der Waals surface area contributed by atoms with Crippen molar-refractivity contribution < 1.29 is 9.53 Å². The Balaban J connectivity index is 1.20. The second kappa shape index (κ2) is 7.91. The lowest BCUT2D eigenvalue weighted by molar-refractivity contribution is -0.113. The summed E-state index contributed by atoms with van der Waals surface area (Å²) in [6.45, 7) is 0. The average molecular weight is 407 g/mol. The van der Waals surface area contributed by atoms with E-state index in [9.17, 15) is 4.79 Å². The molecule has 0 unspecified atom stereocenters. The second-order valence-electron chi connectivity index (χ2n) is 7.50. The summed E-state index contributed by atoms with van der Waals surface area (Å²) in [5.41, 5.74) is 0.714. The largest absolute Gasteiger partial charge is 0.457 e. The second-order valence-corrected chi connectivity index (χ2v) is 8.44. The normalized spacial score (nSPS) is 15.9. The Morgan fingerprint density at radius 3 is 2.59 bits per heavy atom. The summed E-state index contributed by atoms with van der Waals surface area (Å²) < 4.78 is 8.10. The number of nitrogens with zero attached hydrogens (tertiary/aromatic N) is 3. The molecule has 148 valence electrons. The fraction of sp³-hybridized carbons (Fsp3) is 0.318. The Labute approximate surface area is 173 Å². The van der Waals surface area contributed by atoms with Gasteiger partial charge in [-0.1, -0.05) is 36.0 Å². The molecule has 7 heteroatoms. The van der Waals surface area contributed by atoms with E-state index in [0.717, 1.165) is 16.7 Å². The van der Waals surface area contributed by atoms with Gasteiger partial charge in [-0.2, -0.15) is 0 Å². The van der Waals surface area contributed by atoms with Gasteiger partial charge in [0.15, 0.2) is 5.16 Å². The summed E-state index contributed by atoms with van der Waals surface area (Å²) in [5, 5.41) is 12.6. The van der Waals surface area contributed by atoms with Gasteiger partial charge < -0.3 is 14.6 Å². The number of amides is 1. The van der Waals surface area contributed by atoms with Crippen LogP contribution in [0.25, 0.3) is 0 Å². The number of carbonyl (C=O) groups is 1. The molecule has 1 aromatic heterocycles. The third-order valence-electron chi connectivity index (χ3n) is 4.97. The average Bonchev–Trinajstić information content (AvgIpc) is 3.66. The minimum atomic E-state index is -0.0646. The van der Waals surface area contributed by atoms with Crippen molar-refractivity contribution in [3.63, 3.8) is 0 Å². The van der Waals surface area contributed by atoms with Gasteiger partial charge in [0, 0.05) is 23.7 Å². The zero-order valence-corrected chi connectivity index (χ0v) is 16.8. The fourth-order valence-electron chi connectivity index (χ4n) is 3.27. The molecule has 2 aliphatic rings. The predicted octanol–water partition coefficient (Wildman–Crippen LogP) is 5.01. The molecule has 1 heterocycles. The van der Waals surface area contributed by atoms with Crippen molar-refractivity contribution in [1.82, 2.24) is 14.8 Å². The molecule has 0 spiro atoms. The molecule has 0 atom stereocenters. The molecule has 1 amide bonds. The lowest BCUT2D eigenvalue weighted by Gasteiger charge is -2.10. The number of benzene rings is 2. The highest BCUT2D eigenvalue weighted by Crippen LogP contribution is 2.46. The zero-order chi connectivity index (χ0) is 19.6. The Kier molecular flexibility index (Phi) is 4.97. The third kappa shape index (κ3) is 4.45. The number of anilines is 1. The van der Waals surface area contributed by atoms with Crippen LogP contribution in [0.15, 0.2) is 59.8 Å². The number of carbonyl (C=O) groups excluding carboxylic acids is 1. The van der Waals surface area contributed by atoms with Gasteiger partial charge in [0.1, 0.15) is 17.3 Å². The predicted molar refractivity (Wildman–Crippen MR) is 113 cm³/mol. The molecular formula is C22H22N4O2S. The molecule has 3 aromatic rings. The minimum Gasteiger partial charge on any atom is -0.457 e. The summed E-state index contributed by atoms with van der Waals surface area (Å²) in [6, 6.07) is 17.5. The van der Waals surface area contributed by atoms with E-state index in [1.54, 1.807) is 0 Å². The van der Waals surface area contributed by atoms with Gasteiger partial charge in [-0.3, -0.25) is 4.79 Å². The summed E-state index contributed by atoms with van der Waals surface area (Å²) in [6.07, 6.45) is 4.78. The molecule has 2 aromatic carbocycles. The van der Waals surface area contributed by atoms with Gasteiger partial charge in [-0.15, -0.1) is 10.2 Å². The van der Waals surface area contributed by atoms with Crippen molar-refractivity contribution in [2.24, 2.45) is 0 Å². The van der Waals surface area contributed by atoms with Crippen molar-refractivity contribution >= 4 is 23.4 Å². The van der Waals surface area contributed by atoms with Crippen molar-refractivity contribution in [2.45, 2.75) is 42.8 Å². The van der Waals surface area contributed by atoms with Crippen LogP contribution >= 0.6 is 11.8 Å². The molecule has 0 saturated heterocycles. The van der Waals surface area contributed by atoms with E-state index in [0.29, 0.717) is 29.1 Å². The van der Waals surface area contributed by atoms with Crippen LogP contribution in [0, 0.1) is 0 Å². The third-order valence-corrected chi connectivity index (χ3v) is 5.92. The summed E-state index contributed by atoms with van der Waals surface area (Å²) in [4.78, 5) is 12.5. The molecule has 1 N–H and O–H groups in total. The summed E-state index contributed by atoms with van der Waals surface area (Å²) in [7, 11) is 0. The Morgan fingerprint density at radius 1 is 1.03 bits per heavy atom. The maximum Gasteiger partial charge on any atom is 0.234 e. The topological polar surface area (TPSA) is 69.0 Å². The number of hydrogen-bond acceptors (Lipinski definition) is 5. The van der Waals surface area contributed by atoms with E-state index in [4.69, 9.17) is 4.74 Å². The van der Waals surface area contributed by atoms with E-state index in [1.807, 2.05) is 54.6 Å². The number of hydrogen-bond donors (Lipinski definition) is 1. The monoisotopic (exact) mass is 406 g/mol. The maximum atomic E-state index is 12.5. The number of aromatic nitrogens is 3. The molecule has 2 fully saturated rings. The highest BCUT2D eigenvalue weighted by Gasteiger charge is 2.36. The highest BCUT2D eigenvalue weighted by molar-refractivity contribution is 7.99. The van der Waals surface area contributed by atoms with Crippen LogP contribution < -0.4 is 10.1 Å². The lowest BCUT2D eigenvalue weighted by Crippen LogP contribution is -2.14. The van der Waals surface area contributed by atoms with Gasteiger partial charge >= 0.3 is 0 Å². The van der Waals surface area contributed by atoms with Gasteiger partial charge in [0.2, 0.25) is 5.91 Å². The van der Waals surface area contributed by atoms with Crippen molar-refractivity contribution in [3.05, 3.63) is 60.4 Å². The molecule has 29 heavy (non-hydrogen) atoms. The van der Waals surface area contributed by atoms with Gasteiger partial charge in [0.25, 0.3) is 0 Å². The van der Waals surface area contributed by atoms with Crippen molar-refractivity contribution in [1.29, 1.82) is 0 Å². The summed E-state index contributed by atoms with van der Waals surface area (Å²) >= 11 is 1.46. The van der Waals surface area contributed by atoms with Crippen LogP contribution in [0.1, 0.15) is 43.5 Å². The van der Waals surface area contributed by atoms with Crippen LogP contribution in [0.4, 0.5) is 5.69 Å². The van der Waals surface area contributed by atoms with Crippen molar-refractivity contribution in [2.75, 3.05) is 11.1 Å². The van der Waals surface area contributed by atoms with E-state index in [-0.39, 0.29) is 5.91 Å². The maximum absolute atomic E-state index is 12.5. The molecule has 6 nitrogen and oxygen atoms in total. The van der Waals surface area contributed by atoms with E-state index >= 15 is 0 Å². The number of thioether (sulfide) groups is 1. The van der Waals surface area contributed by atoms with Gasteiger partial charge in [0.05, 0.1) is 5.75 Å². The molecular weight excluding hydrogens is 384 g/mol. The number of ether oxygens (including phenoxy) is 1. The van der Waals surface area contributed by atoms with E-state index < -0.39 is 0 Å². The number of nitrogens with one attached hydrogen (secondary N) is 1. The smallest absolute Gasteiger partial charge is 0.234 e. The Hall–Kier alpha value is -2.80. The van der Waals surface area contributed by atoms with Crippen LogP contribution in [0.5, 0.6) is 11.5 Å². The molecule has 2 saturated carbocycles. The Morgan fingerprint density at radius 2 is 1.83 bits per heavy atom. The van der Waals surface area contributed by atoms with Gasteiger partial charge in [-0.05, 0) is 49.9 Å². The first-order chi connectivity index (χ1) is 14.3. The first-order valence-electron chi connectivity index (χ1n) is 9.97. The van der Waals surface area contributed by atoms with Crippen LogP contribution in [0.2, 0.25) is 0 Å². The number of rotatable bonds is 8. The highest BCUT2D eigenvalue weighted by atomic mass is 32.2. The molecule has 5 rings (SSSR count). The van der Waals surface area contributed by atoms with E-state index in [2.05, 4.69) is 20.1 Å². The first-order valence-corrected chi connectivity index (χ1v) is 11.0. The summed E-state index contributed by atoms with van der Waals surface area (Å²) in [5.74, 6) is 3.37. The quantitative estimate of drug-likeness (QED) is 0.532. The van der Waals surface area contributed by atoms with Crippen LogP contribution in [-0.2, 0) is 4.79 Å². The molecule has 0 aliphatic heterocycles. The first kappa shape index (κ1) is 18.2. The molecule has 0 bridgehead atoms. The van der Waals surface area contributed by atoms with Crippen LogP contribution in [-0.4, -0.2) is 26.4 Å². The minimum absolute atomic E-state index is 0.0646. The number of para-hydroxylation sites is 1. The Bertz CT molecular complexity index is 1010. The van der Waals surface area contributed by atoms with Crippen molar-refractivity contribution in [3.8, 4) is 11.5 Å². The van der Waals surface area contributed by atoms with Gasteiger partial charge in [-0.25, -0.2) is 0 Å². The SMILES string of the molecule is O=C(CSc1nnc(C2CC2)n1C1CC1)Nc1cccc(Oc2ccccc2)c1. The van der Waals surface area contributed by atoms with Crippen LogP contribution in [0.3, 0.4) is 0 Å². The molecule has 2 aliphatic carbocycles. The molecule has 0 radical (unpaired) electrons. The standard InChI is InChI=1S/C22H22N4O2S/c27-20(14-29-22-25-24-21(15-9-10-15)26(22)17-11-12-17)23-16-5-4-8-19(13-16)28-18-6-2-1-3-7-18/h1-8,13,15,17H,9-12,14H2,(H,23,27). The van der Waals surface area contributed by atoms with E-state index in [1.165, 1.54) is 37.4 Å². The zero-order valence-electron chi connectivity index (χ0n) is 16.0.